The molecule has 2 amide bonds. The lowest BCUT2D eigenvalue weighted by Crippen LogP contribution is -2.51. The van der Waals surface area contributed by atoms with Crippen LogP contribution in [0.25, 0.3) is 0 Å². The molecule has 4 nitrogen and oxygen atoms in total. The fourth-order valence-electron chi connectivity index (χ4n) is 2.56. The molecule has 0 spiro atoms. The Morgan fingerprint density at radius 3 is 2.67 bits per heavy atom. The minimum atomic E-state index is 0.0222. The highest BCUT2D eigenvalue weighted by atomic mass is 32.2. The molecule has 1 atom stereocenters. The maximum atomic E-state index is 12.7. The van der Waals surface area contributed by atoms with Crippen molar-refractivity contribution in [3.05, 3.63) is 24.3 Å². The van der Waals surface area contributed by atoms with Crippen LogP contribution in [0.2, 0.25) is 0 Å². The molecular formula is C15H18BN3OS. The van der Waals surface area contributed by atoms with Crippen molar-refractivity contribution < 1.29 is 4.79 Å². The molecule has 108 valence electrons. The van der Waals surface area contributed by atoms with Crippen molar-refractivity contribution in [3.63, 3.8) is 0 Å². The Morgan fingerprint density at radius 2 is 2.00 bits per heavy atom. The van der Waals surface area contributed by atoms with E-state index in [9.17, 15) is 4.79 Å². The number of carbonyl (C=O) groups is 1. The molecular weight excluding hydrogens is 281 g/mol. The quantitative estimate of drug-likeness (QED) is 0.783. The van der Waals surface area contributed by atoms with Crippen LogP contribution in [0.3, 0.4) is 0 Å². The first kappa shape index (κ1) is 14.5. The first-order chi connectivity index (χ1) is 10.2. The lowest BCUT2D eigenvalue weighted by Gasteiger charge is -2.35. The van der Waals surface area contributed by atoms with Gasteiger partial charge in [0.15, 0.2) is 5.17 Å². The lowest BCUT2D eigenvalue weighted by molar-refractivity contribution is 0.221. The monoisotopic (exact) mass is 299 g/mol. The van der Waals surface area contributed by atoms with Crippen molar-refractivity contribution in [2.45, 2.75) is 25.0 Å². The number of amidine groups is 1. The molecule has 1 aromatic rings. The summed E-state index contributed by atoms with van der Waals surface area (Å²) >= 11 is 1.73. The average molecular weight is 299 g/mol. The van der Waals surface area contributed by atoms with Gasteiger partial charge in [-0.25, -0.2) is 4.79 Å². The van der Waals surface area contributed by atoms with Gasteiger partial charge in [-0.05, 0) is 25.0 Å². The van der Waals surface area contributed by atoms with Crippen molar-refractivity contribution in [2.75, 3.05) is 24.5 Å². The van der Waals surface area contributed by atoms with Crippen LogP contribution in [0.4, 0.5) is 10.5 Å². The molecule has 3 rings (SSSR count). The zero-order chi connectivity index (χ0) is 14.8. The number of benzene rings is 1. The van der Waals surface area contributed by atoms with E-state index in [4.69, 9.17) is 7.85 Å². The van der Waals surface area contributed by atoms with Crippen LogP contribution >= 0.6 is 11.8 Å². The van der Waals surface area contributed by atoms with Crippen molar-refractivity contribution in [2.24, 2.45) is 4.99 Å². The Hall–Kier alpha value is -1.43. The molecule has 2 heterocycles. The van der Waals surface area contributed by atoms with E-state index >= 15 is 0 Å². The fourth-order valence-corrected chi connectivity index (χ4v) is 3.62. The van der Waals surface area contributed by atoms with Crippen LogP contribution in [0.1, 0.15) is 19.8 Å². The molecule has 1 saturated heterocycles. The summed E-state index contributed by atoms with van der Waals surface area (Å²) in [5.74, 6) is 0. The Morgan fingerprint density at radius 1 is 1.29 bits per heavy atom. The van der Waals surface area contributed by atoms with Gasteiger partial charge in [0.1, 0.15) is 7.85 Å². The van der Waals surface area contributed by atoms with E-state index < -0.39 is 0 Å². The van der Waals surface area contributed by atoms with Crippen LogP contribution in [0, 0.1) is 0 Å². The van der Waals surface area contributed by atoms with E-state index in [2.05, 4.69) is 11.9 Å². The van der Waals surface area contributed by atoms with Gasteiger partial charge >= 0.3 is 6.03 Å². The van der Waals surface area contributed by atoms with Crippen LogP contribution in [-0.2, 0) is 0 Å². The molecule has 1 aromatic carbocycles. The van der Waals surface area contributed by atoms with Crippen molar-refractivity contribution in [3.8, 4) is 0 Å². The number of aliphatic imine (C=N–C) groups is 1. The first-order valence-corrected chi connectivity index (χ1v) is 8.22. The van der Waals surface area contributed by atoms with Crippen LogP contribution in [-0.4, -0.2) is 48.8 Å². The number of anilines is 1. The van der Waals surface area contributed by atoms with E-state index in [1.54, 1.807) is 11.8 Å². The summed E-state index contributed by atoms with van der Waals surface area (Å²) in [7, 11) is 5.71. The average Bonchev–Trinajstić information content (AvgIpc) is 2.97. The summed E-state index contributed by atoms with van der Waals surface area (Å²) in [6.45, 7) is 4.48. The zero-order valence-electron chi connectivity index (χ0n) is 12.2. The van der Waals surface area contributed by atoms with Crippen molar-refractivity contribution >= 4 is 42.0 Å². The Balaban J connectivity index is 1.76. The van der Waals surface area contributed by atoms with E-state index in [0.29, 0.717) is 10.7 Å². The third kappa shape index (κ3) is 2.95. The third-order valence-corrected chi connectivity index (χ3v) is 5.19. The Bertz CT molecular complexity index is 561. The van der Waals surface area contributed by atoms with Gasteiger partial charge in [0.2, 0.25) is 0 Å². The second-order valence-corrected chi connectivity index (χ2v) is 6.57. The van der Waals surface area contributed by atoms with Gasteiger partial charge in [-0.2, -0.15) is 0 Å². The third-order valence-electron chi connectivity index (χ3n) is 3.82. The standard InChI is InChI=1S/C15H18BN3OS/c1-2-13-10-17-14(21-13)19-9-3-8-18(15(19)20)12-6-4-11(16)5-7-12/h4-7,13H,2-3,8-10H2,1H3. The predicted octanol–water partition coefficient (Wildman–Crippen LogP) is 1.99. The maximum absolute atomic E-state index is 12.7. The normalized spacial score (nSPS) is 22.6. The number of amides is 2. The van der Waals surface area contributed by atoms with Gasteiger partial charge < -0.3 is 0 Å². The van der Waals surface area contributed by atoms with Crippen molar-refractivity contribution in [1.29, 1.82) is 0 Å². The maximum Gasteiger partial charge on any atom is 0.330 e. The topological polar surface area (TPSA) is 35.9 Å². The van der Waals surface area contributed by atoms with Crippen LogP contribution in [0.15, 0.2) is 29.3 Å². The summed E-state index contributed by atoms with van der Waals surface area (Å²) in [6.07, 6.45) is 2.04. The highest BCUT2D eigenvalue weighted by Gasteiger charge is 2.33. The second kappa shape index (κ2) is 6.14. The first-order valence-electron chi connectivity index (χ1n) is 7.34. The van der Waals surface area contributed by atoms with E-state index in [-0.39, 0.29) is 6.03 Å². The highest BCUT2D eigenvalue weighted by Crippen LogP contribution is 2.28. The summed E-state index contributed by atoms with van der Waals surface area (Å²) in [4.78, 5) is 20.9. The number of nitrogens with zero attached hydrogens (tertiary/aromatic N) is 3. The fraction of sp³-hybridized carbons (Fsp3) is 0.467. The van der Waals surface area contributed by atoms with E-state index in [0.717, 1.165) is 43.3 Å². The largest absolute Gasteiger partial charge is 0.330 e. The molecule has 2 radical (unpaired) electrons. The molecule has 1 fully saturated rings. The molecule has 0 bridgehead atoms. The number of rotatable bonds is 2. The summed E-state index contributed by atoms with van der Waals surface area (Å²) < 4.78 is 0. The molecule has 2 aliphatic heterocycles. The Labute approximate surface area is 131 Å². The SMILES string of the molecule is [B]c1ccc(N2CCCN(C3=NCC(CC)S3)C2=O)cc1. The smallest absolute Gasteiger partial charge is 0.294 e. The number of urea groups is 1. The second-order valence-electron chi connectivity index (χ2n) is 5.30. The minimum Gasteiger partial charge on any atom is -0.294 e. The molecule has 21 heavy (non-hydrogen) atoms. The molecule has 2 aliphatic rings. The summed E-state index contributed by atoms with van der Waals surface area (Å²) in [6, 6.07) is 7.48. The van der Waals surface area contributed by atoms with Crippen LogP contribution < -0.4 is 10.4 Å². The molecule has 0 aromatic heterocycles. The lowest BCUT2D eigenvalue weighted by atomic mass is 9.96. The summed E-state index contributed by atoms with van der Waals surface area (Å²) in [5, 5.41) is 1.40. The summed E-state index contributed by atoms with van der Waals surface area (Å²) in [5.41, 5.74) is 1.61. The van der Waals surface area contributed by atoms with Crippen LogP contribution in [0.5, 0.6) is 0 Å². The van der Waals surface area contributed by atoms with Gasteiger partial charge in [0, 0.05) is 24.0 Å². The Kier molecular flexibility index (Phi) is 4.24. The number of thioether (sulfide) groups is 1. The molecule has 0 aliphatic carbocycles. The van der Waals surface area contributed by atoms with Gasteiger partial charge in [0.25, 0.3) is 0 Å². The zero-order valence-corrected chi connectivity index (χ0v) is 13.0. The van der Waals surface area contributed by atoms with Gasteiger partial charge in [-0.3, -0.25) is 14.8 Å². The number of hydrogen-bond donors (Lipinski definition) is 0. The van der Waals surface area contributed by atoms with Gasteiger partial charge in [0.05, 0.1) is 6.54 Å². The van der Waals surface area contributed by atoms with Gasteiger partial charge in [-0.15, -0.1) is 0 Å². The molecule has 6 heteroatoms. The van der Waals surface area contributed by atoms with Gasteiger partial charge in [-0.1, -0.05) is 36.3 Å². The van der Waals surface area contributed by atoms with Crippen molar-refractivity contribution in [1.82, 2.24) is 4.90 Å². The highest BCUT2D eigenvalue weighted by molar-refractivity contribution is 8.14. The molecule has 0 N–H and O–H groups in total. The minimum absolute atomic E-state index is 0.0222. The molecule has 1 unspecified atom stereocenters. The van der Waals surface area contributed by atoms with E-state index in [1.807, 2.05) is 34.1 Å². The number of hydrogen-bond acceptors (Lipinski definition) is 3. The predicted molar refractivity (Wildman–Crippen MR) is 89.9 cm³/mol. The molecule has 0 saturated carbocycles. The van der Waals surface area contributed by atoms with E-state index in [1.165, 1.54) is 0 Å². The number of carbonyl (C=O) groups excluding carboxylic acids is 1.